The average Bonchev–Trinajstić information content (AvgIpc) is 4.17. The van der Waals surface area contributed by atoms with E-state index in [1.807, 2.05) is 62.5 Å². The van der Waals surface area contributed by atoms with Crippen molar-refractivity contribution in [1.82, 2.24) is 14.5 Å². The number of rotatable bonds is 7. The number of para-hydroxylation sites is 1. The minimum Gasteiger partial charge on any atom is -0.501 e. The second kappa shape index (κ2) is 19.6. The van der Waals surface area contributed by atoms with E-state index in [4.69, 9.17) is 15.2 Å². The summed E-state index contributed by atoms with van der Waals surface area (Å²) in [6.45, 7) is 19.5. The fraction of sp³-hybridized carbons (Fsp3) is 0.188. The molecule has 0 aliphatic carbocycles. The molecule has 1 radical (unpaired) electrons. The maximum Gasteiger partial charge on any atom is 0.135 e. The Balaban J connectivity index is 0.000000249. The van der Waals surface area contributed by atoms with E-state index in [1.165, 1.54) is 43.6 Å². The van der Waals surface area contributed by atoms with Crippen LogP contribution in [0.15, 0.2) is 185 Å². The van der Waals surface area contributed by atoms with E-state index in [9.17, 15) is 0 Å². The Bertz CT molecular complexity index is 4280. The van der Waals surface area contributed by atoms with E-state index in [0.717, 1.165) is 94.5 Å². The van der Waals surface area contributed by atoms with Crippen molar-refractivity contribution in [1.29, 1.82) is 0 Å². The Kier molecular flexibility index (Phi) is 12.6. The zero-order valence-corrected chi connectivity index (χ0v) is 46.3. The topological polar surface area (TPSA) is 57.0 Å². The minimum atomic E-state index is -0.644. The van der Waals surface area contributed by atoms with Gasteiger partial charge in [0.1, 0.15) is 16.9 Å². The minimum absolute atomic E-state index is 0. The summed E-state index contributed by atoms with van der Waals surface area (Å²) in [7, 11) is 0. The number of aromatic nitrogens is 3. The molecule has 0 aliphatic heterocycles. The number of imidazole rings is 1. The van der Waals surface area contributed by atoms with Gasteiger partial charge in [0.15, 0.2) is 0 Å². The van der Waals surface area contributed by atoms with Gasteiger partial charge in [0.25, 0.3) is 0 Å². The van der Waals surface area contributed by atoms with Crippen LogP contribution in [0.1, 0.15) is 104 Å². The van der Waals surface area contributed by atoms with E-state index in [1.54, 1.807) is 0 Å². The van der Waals surface area contributed by atoms with Crippen molar-refractivity contribution in [3.05, 3.63) is 210 Å². The van der Waals surface area contributed by atoms with Crippen LogP contribution in [0.5, 0.6) is 0 Å². The maximum absolute atomic E-state index is 8.32. The molecule has 0 bridgehead atoms. The SMILES string of the molecule is CC(C)c1cc(-c2cc3ccccc3o2)cc(C(C)C)c1-n1c(-c2[c-]ccc3c2oc2cc4c(ccc5ccccc54)cc23)nc2ccc3ccccc3c21.[2H]C(C)(C)c1cnc(-c2[c-]cccc2)cc1C(C)(C)C.[Ir]. The third-order valence-electron chi connectivity index (χ3n) is 14.6. The number of pyridine rings is 1. The predicted molar refractivity (Wildman–Crippen MR) is 310 cm³/mol. The molecule has 0 aliphatic rings. The average molecular weight is 1160 g/mol. The molecule has 0 atom stereocenters. The van der Waals surface area contributed by atoms with E-state index < -0.39 is 5.89 Å². The quantitative estimate of drug-likeness (QED) is 0.118. The molecular weight excluding hydrogens is 1090 g/mol. The zero-order chi connectivity index (χ0) is 51.9. The van der Waals surface area contributed by atoms with Crippen molar-refractivity contribution in [2.24, 2.45) is 0 Å². The Morgan fingerprint density at radius 1 is 0.560 bits per heavy atom. The first-order valence-electron chi connectivity index (χ1n) is 26.3. The fourth-order valence-corrected chi connectivity index (χ4v) is 10.9. The molecule has 6 heteroatoms. The first kappa shape index (κ1) is 48.3. The molecule has 9 aromatic carbocycles. The molecule has 0 saturated carbocycles. The van der Waals surface area contributed by atoms with Crippen LogP contribution in [0.25, 0.3) is 116 Å². The van der Waals surface area contributed by atoms with Gasteiger partial charge in [0, 0.05) is 55.1 Å². The van der Waals surface area contributed by atoms with Crippen molar-refractivity contribution < 1.29 is 30.3 Å². The zero-order valence-electron chi connectivity index (χ0n) is 44.9. The molecular formula is C69H59IrN3O2-2. The molecule has 0 fully saturated rings. The van der Waals surface area contributed by atoms with Crippen molar-refractivity contribution >= 4 is 76.3 Å². The molecule has 13 aromatic rings. The van der Waals surface area contributed by atoms with Gasteiger partial charge < -0.3 is 18.4 Å². The number of fused-ring (bicyclic) bond motifs is 10. The van der Waals surface area contributed by atoms with Crippen LogP contribution in [0.3, 0.4) is 0 Å². The first-order chi connectivity index (χ1) is 36.1. The standard InChI is InChI=1S/C51H37N2O2.C18H22N.Ir/c1-29(2)40-25-35(46-27-34-14-7-10-19-45(34)54-46)26-41(30(3)4)48(40)53-49-37-16-9-6-13-32(37)22-23-44(49)52-51(53)39-18-11-17-38-43-24-33-21-20-31-12-5-8-15-36(31)42(33)28-47(43)55-50(38)39;1-13(2)15-12-19-17(11-16(15)18(3,4)5)14-9-7-6-8-10-14;/h5-17,19-30H,1-4H3;6-9,11-13H,1-5H3;/q2*-1;/i;13D;. The van der Waals surface area contributed by atoms with Crippen molar-refractivity contribution in [2.45, 2.75) is 85.5 Å². The molecule has 0 spiro atoms. The smallest absolute Gasteiger partial charge is 0.135 e. The molecule has 4 aromatic heterocycles. The molecule has 0 unspecified atom stereocenters. The van der Waals surface area contributed by atoms with Crippen molar-refractivity contribution in [3.63, 3.8) is 0 Å². The second-order valence-electron chi connectivity index (χ2n) is 21.6. The third-order valence-corrected chi connectivity index (χ3v) is 14.6. The summed E-state index contributed by atoms with van der Waals surface area (Å²) in [4.78, 5) is 10.0. The largest absolute Gasteiger partial charge is 0.501 e. The van der Waals surface area contributed by atoms with Gasteiger partial charge in [-0.25, -0.2) is 0 Å². The normalized spacial score (nSPS) is 12.4. The molecule has 4 heterocycles. The number of furan rings is 2. The van der Waals surface area contributed by atoms with Gasteiger partial charge >= 0.3 is 0 Å². The van der Waals surface area contributed by atoms with Crippen LogP contribution >= 0.6 is 0 Å². The monoisotopic (exact) mass is 1160 g/mol. The number of hydrogen-bond donors (Lipinski definition) is 0. The van der Waals surface area contributed by atoms with Gasteiger partial charge in [0.2, 0.25) is 0 Å². The summed E-state index contributed by atoms with van der Waals surface area (Å²) in [5.74, 6) is 1.44. The summed E-state index contributed by atoms with van der Waals surface area (Å²) < 4.78 is 24.1. The summed E-state index contributed by atoms with van der Waals surface area (Å²) in [5, 5.41) is 10.4. The van der Waals surface area contributed by atoms with Gasteiger partial charge in [-0.2, -0.15) is 0 Å². The molecule has 75 heavy (non-hydrogen) atoms. The second-order valence-corrected chi connectivity index (χ2v) is 21.6. The molecule has 0 saturated heterocycles. The van der Waals surface area contributed by atoms with Gasteiger partial charge in [0.05, 0.1) is 22.4 Å². The summed E-state index contributed by atoms with van der Waals surface area (Å²) >= 11 is 0. The summed E-state index contributed by atoms with van der Waals surface area (Å²) in [5.41, 5.74) is 14.1. The van der Waals surface area contributed by atoms with Gasteiger partial charge in [-0.05, 0) is 120 Å². The summed E-state index contributed by atoms with van der Waals surface area (Å²) in [6, 6.07) is 66.4. The van der Waals surface area contributed by atoms with Crippen LogP contribution in [-0.2, 0) is 25.5 Å². The summed E-state index contributed by atoms with van der Waals surface area (Å²) in [6.07, 6.45) is 1.85. The fourth-order valence-electron chi connectivity index (χ4n) is 10.9. The van der Waals surface area contributed by atoms with E-state index in [-0.39, 0.29) is 37.4 Å². The van der Waals surface area contributed by atoms with Crippen LogP contribution in [0.2, 0.25) is 0 Å². The number of hydrogen-bond acceptors (Lipinski definition) is 4. The Hall–Kier alpha value is -7.63. The number of nitrogens with zero attached hydrogens (tertiary/aromatic N) is 3. The Morgan fingerprint density at radius 2 is 1.23 bits per heavy atom. The van der Waals surface area contributed by atoms with Crippen LogP contribution in [0, 0.1) is 12.1 Å². The molecule has 373 valence electrons. The van der Waals surface area contributed by atoms with E-state index >= 15 is 0 Å². The van der Waals surface area contributed by atoms with E-state index in [0.29, 0.717) is 0 Å². The van der Waals surface area contributed by atoms with Crippen LogP contribution < -0.4 is 0 Å². The van der Waals surface area contributed by atoms with Crippen molar-refractivity contribution in [2.75, 3.05) is 0 Å². The molecule has 5 nitrogen and oxygen atoms in total. The Labute approximate surface area is 454 Å². The first-order valence-corrected chi connectivity index (χ1v) is 25.8. The van der Waals surface area contributed by atoms with Crippen molar-refractivity contribution in [3.8, 4) is 39.7 Å². The van der Waals surface area contributed by atoms with Gasteiger partial charge in [-0.15, -0.1) is 54.1 Å². The molecule has 0 N–H and O–H groups in total. The van der Waals surface area contributed by atoms with Gasteiger partial charge in [-0.1, -0.05) is 164 Å². The molecule has 0 amide bonds. The van der Waals surface area contributed by atoms with E-state index in [2.05, 4.69) is 198 Å². The third kappa shape index (κ3) is 8.84. The number of benzene rings is 9. The van der Waals surface area contributed by atoms with Crippen LogP contribution in [0.4, 0.5) is 0 Å². The predicted octanol–water partition coefficient (Wildman–Crippen LogP) is 19.5. The van der Waals surface area contributed by atoms with Gasteiger partial charge in [-0.3, -0.25) is 4.98 Å². The Morgan fingerprint density at radius 3 is 1.92 bits per heavy atom. The maximum atomic E-state index is 8.32. The molecule has 13 rings (SSSR count). The van der Waals surface area contributed by atoms with Crippen LogP contribution in [-0.4, -0.2) is 14.5 Å².